The van der Waals surface area contributed by atoms with Crippen LogP contribution in [0, 0.1) is 10.8 Å². The van der Waals surface area contributed by atoms with E-state index in [0.717, 1.165) is 6.42 Å². The summed E-state index contributed by atoms with van der Waals surface area (Å²) < 4.78 is 6.14. The predicted octanol–water partition coefficient (Wildman–Crippen LogP) is 4.96. The summed E-state index contributed by atoms with van der Waals surface area (Å²) in [5.41, 5.74) is -2.19. The number of ether oxygens (including phenoxy) is 1. The molecule has 0 radical (unpaired) electrons. The van der Waals surface area contributed by atoms with E-state index in [2.05, 4.69) is 0 Å². The summed E-state index contributed by atoms with van der Waals surface area (Å²) in [6.45, 7) is 19.4. The summed E-state index contributed by atoms with van der Waals surface area (Å²) in [7, 11) is 0. The van der Waals surface area contributed by atoms with Crippen LogP contribution in [-0.4, -0.2) is 22.8 Å². The van der Waals surface area contributed by atoms with Gasteiger partial charge in [0.05, 0.1) is 5.60 Å². The molecule has 0 aliphatic rings. The van der Waals surface area contributed by atoms with Crippen molar-refractivity contribution >= 4 is 11.6 Å². The Labute approximate surface area is 137 Å². The van der Waals surface area contributed by atoms with E-state index in [0.29, 0.717) is 12.8 Å². The molecule has 0 heterocycles. The van der Waals surface area contributed by atoms with Gasteiger partial charge in [0, 0.05) is 17.3 Å². The molecule has 3 heteroatoms. The Morgan fingerprint density at radius 3 is 1.64 bits per heavy atom. The van der Waals surface area contributed by atoms with Crippen LogP contribution in [0.1, 0.15) is 88.5 Å². The first kappa shape index (κ1) is 21.3. The Balaban J connectivity index is 5.31. The van der Waals surface area contributed by atoms with Gasteiger partial charge in [0.2, 0.25) is 0 Å². The quantitative estimate of drug-likeness (QED) is 0.636. The lowest BCUT2D eigenvalue weighted by molar-refractivity contribution is -0.169. The molecular formula is C19H36O3. The number of carbonyl (C=O) groups is 2. The molecule has 3 nitrogen and oxygen atoms in total. The molecule has 130 valence electrons. The molecule has 0 aromatic heterocycles. The summed E-state index contributed by atoms with van der Waals surface area (Å²) in [5.74, 6) is 0.333. The van der Waals surface area contributed by atoms with E-state index < -0.39 is 16.6 Å². The summed E-state index contributed by atoms with van der Waals surface area (Å²) in [4.78, 5) is 24.9. The lowest BCUT2D eigenvalue weighted by Gasteiger charge is -2.42. The molecule has 1 unspecified atom stereocenters. The van der Waals surface area contributed by atoms with E-state index in [4.69, 9.17) is 4.74 Å². The molecule has 0 fully saturated rings. The summed E-state index contributed by atoms with van der Waals surface area (Å²) >= 11 is 0. The van der Waals surface area contributed by atoms with Crippen molar-refractivity contribution in [3.05, 3.63) is 0 Å². The highest BCUT2D eigenvalue weighted by Crippen LogP contribution is 2.41. The highest BCUT2D eigenvalue weighted by molar-refractivity contribution is 5.89. The van der Waals surface area contributed by atoms with Gasteiger partial charge in [-0.2, -0.15) is 0 Å². The van der Waals surface area contributed by atoms with Gasteiger partial charge >= 0.3 is 0 Å². The number of ketones is 2. The zero-order chi connectivity index (χ0) is 18.0. The van der Waals surface area contributed by atoms with Crippen molar-refractivity contribution in [2.45, 2.75) is 99.7 Å². The topological polar surface area (TPSA) is 43.4 Å². The minimum atomic E-state index is -0.822. The molecule has 0 aliphatic heterocycles. The lowest BCUT2D eigenvalue weighted by atomic mass is 9.67. The van der Waals surface area contributed by atoms with Crippen LogP contribution in [0.2, 0.25) is 0 Å². The van der Waals surface area contributed by atoms with Gasteiger partial charge < -0.3 is 4.74 Å². The van der Waals surface area contributed by atoms with Gasteiger partial charge in [-0.3, -0.25) is 9.59 Å². The largest absolute Gasteiger partial charge is 0.362 e. The molecule has 0 bridgehead atoms. The number of carbonyl (C=O) groups excluding carboxylic acids is 2. The van der Waals surface area contributed by atoms with Crippen molar-refractivity contribution in [2.75, 3.05) is 0 Å². The van der Waals surface area contributed by atoms with Crippen molar-refractivity contribution in [3.63, 3.8) is 0 Å². The predicted molar refractivity (Wildman–Crippen MR) is 92.0 cm³/mol. The smallest absolute Gasteiger partial charge is 0.163 e. The number of Topliss-reactive ketones (excluding diaryl/α,β-unsaturated/α-hetero) is 2. The van der Waals surface area contributed by atoms with E-state index in [1.165, 1.54) is 0 Å². The van der Waals surface area contributed by atoms with Crippen LogP contribution in [0.15, 0.2) is 0 Å². The van der Waals surface area contributed by atoms with Crippen LogP contribution >= 0.6 is 0 Å². The molecule has 0 aliphatic carbocycles. The van der Waals surface area contributed by atoms with Crippen LogP contribution in [0.5, 0.6) is 0 Å². The first-order valence-electron chi connectivity index (χ1n) is 8.39. The molecule has 0 saturated heterocycles. The Morgan fingerprint density at radius 2 is 1.32 bits per heavy atom. The summed E-state index contributed by atoms with van der Waals surface area (Å²) in [6, 6.07) is 0. The third-order valence-electron chi connectivity index (χ3n) is 4.35. The molecular weight excluding hydrogens is 276 g/mol. The number of hydrogen-bond acceptors (Lipinski definition) is 3. The molecule has 0 spiro atoms. The van der Waals surface area contributed by atoms with E-state index in [9.17, 15) is 9.59 Å². The summed E-state index contributed by atoms with van der Waals surface area (Å²) in [6.07, 6.45) is 1.82. The third kappa shape index (κ3) is 5.49. The fraction of sp³-hybridized carbons (Fsp3) is 0.895. The second kappa shape index (κ2) is 6.82. The van der Waals surface area contributed by atoms with Crippen molar-refractivity contribution in [1.82, 2.24) is 0 Å². The molecule has 0 saturated carbocycles. The monoisotopic (exact) mass is 312 g/mol. The number of hydrogen-bond donors (Lipinski definition) is 0. The van der Waals surface area contributed by atoms with Crippen molar-refractivity contribution < 1.29 is 14.3 Å². The van der Waals surface area contributed by atoms with E-state index in [-0.39, 0.29) is 17.0 Å². The molecule has 0 amide bonds. The van der Waals surface area contributed by atoms with Crippen LogP contribution in [0.3, 0.4) is 0 Å². The second-order valence-corrected chi connectivity index (χ2v) is 8.82. The van der Waals surface area contributed by atoms with Crippen molar-refractivity contribution in [1.29, 1.82) is 0 Å². The van der Waals surface area contributed by atoms with Gasteiger partial charge in [0.25, 0.3) is 0 Å². The van der Waals surface area contributed by atoms with Gasteiger partial charge in [-0.1, -0.05) is 41.5 Å². The fourth-order valence-corrected chi connectivity index (χ4v) is 3.42. The molecule has 1 atom stereocenters. The maximum Gasteiger partial charge on any atom is 0.163 e. The van der Waals surface area contributed by atoms with Gasteiger partial charge in [-0.25, -0.2) is 0 Å². The molecule has 0 rings (SSSR count). The normalized spacial score (nSPS) is 16.3. The zero-order valence-electron chi connectivity index (χ0n) is 16.3. The van der Waals surface area contributed by atoms with E-state index in [1.807, 2.05) is 69.2 Å². The van der Waals surface area contributed by atoms with E-state index >= 15 is 0 Å². The first-order valence-corrected chi connectivity index (χ1v) is 8.39. The summed E-state index contributed by atoms with van der Waals surface area (Å²) in [5, 5.41) is 0. The average Bonchev–Trinajstić information content (AvgIpc) is 2.33. The molecule has 0 N–H and O–H groups in total. The molecule has 0 aromatic carbocycles. The van der Waals surface area contributed by atoms with Gasteiger partial charge in [-0.05, 0) is 40.5 Å². The highest BCUT2D eigenvalue weighted by atomic mass is 16.5. The lowest BCUT2D eigenvalue weighted by Crippen LogP contribution is -2.47. The zero-order valence-corrected chi connectivity index (χ0v) is 16.3. The maximum absolute atomic E-state index is 12.8. The first-order chi connectivity index (χ1) is 9.61. The Hall–Kier alpha value is -0.700. The van der Waals surface area contributed by atoms with Gasteiger partial charge in [-0.15, -0.1) is 0 Å². The second-order valence-electron chi connectivity index (χ2n) is 8.82. The van der Waals surface area contributed by atoms with Crippen molar-refractivity contribution in [2.24, 2.45) is 10.8 Å². The van der Waals surface area contributed by atoms with Crippen LogP contribution in [0.25, 0.3) is 0 Å². The number of rotatable bonds is 8. The maximum atomic E-state index is 12.8. The fourth-order valence-electron chi connectivity index (χ4n) is 3.42. The van der Waals surface area contributed by atoms with Gasteiger partial charge in [0.1, 0.15) is 11.4 Å². The van der Waals surface area contributed by atoms with Crippen LogP contribution in [-0.2, 0) is 14.3 Å². The average molecular weight is 312 g/mol. The molecule has 0 aromatic rings. The van der Waals surface area contributed by atoms with E-state index in [1.54, 1.807) is 0 Å². The van der Waals surface area contributed by atoms with Crippen LogP contribution < -0.4 is 0 Å². The van der Waals surface area contributed by atoms with Crippen molar-refractivity contribution in [3.8, 4) is 0 Å². The Bertz CT molecular complexity index is 413. The standard InChI is InChI=1S/C19H36O3/c1-11-14(20)18(8,9)22-17(6,7)13-19(10,12-2)15(21)16(3,4)5/h11-13H2,1-10H3. The molecule has 22 heavy (non-hydrogen) atoms. The third-order valence-corrected chi connectivity index (χ3v) is 4.35. The highest BCUT2D eigenvalue weighted by Gasteiger charge is 2.44. The van der Waals surface area contributed by atoms with Crippen LogP contribution in [0.4, 0.5) is 0 Å². The Kier molecular flexibility index (Phi) is 6.60. The minimum absolute atomic E-state index is 0.0842. The SMILES string of the molecule is CCC(=O)C(C)(C)OC(C)(C)CC(C)(CC)C(=O)C(C)(C)C. The Morgan fingerprint density at radius 1 is 0.864 bits per heavy atom. The van der Waals surface area contributed by atoms with Gasteiger partial charge in [0.15, 0.2) is 5.78 Å². The minimum Gasteiger partial charge on any atom is -0.362 e.